The third kappa shape index (κ3) is 4.08. The second-order valence-electron chi connectivity index (χ2n) is 5.46. The first-order valence-corrected chi connectivity index (χ1v) is 7.66. The topological polar surface area (TPSA) is 76.6 Å². The molecule has 0 atom stereocenters. The van der Waals surface area contributed by atoms with E-state index >= 15 is 0 Å². The monoisotopic (exact) mass is 380 g/mol. The molecule has 2 aromatic carbocycles. The number of hydrogen-bond donors (Lipinski definition) is 2. The van der Waals surface area contributed by atoms with Gasteiger partial charge in [-0.15, -0.1) is 13.2 Å². The van der Waals surface area contributed by atoms with E-state index in [0.29, 0.717) is 34.0 Å². The summed E-state index contributed by atoms with van der Waals surface area (Å²) in [4.78, 5) is 7.19. The molecule has 0 aliphatic carbocycles. The molecule has 0 aliphatic heterocycles. The number of aromatic nitrogens is 2. The molecule has 27 heavy (non-hydrogen) atoms. The molecule has 1 aromatic heterocycles. The highest BCUT2D eigenvalue weighted by molar-refractivity contribution is 5.80. The van der Waals surface area contributed by atoms with Gasteiger partial charge in [0.15, 0.2) is 11.5 Å². The number of benzene rings is 2. The molecule has 2 N–H and O–H groups in total. The molecule has 0 amide bonds. The fourth-order valence-corrected chi connectivity index (χ4v) is 2.56. The Morgan fingerprint density at radius 1 is 0.963 bits per heavy atom. The van der Waals surface area contributed by atoms with Gasteiger partial charge in [0.25, 0.3) is 0 Å². The van der Waals surface area contributed by atoms with Crippen LogP contribution in [0.1, 0.15) is 0 Å². The maximum atomic E-state index is 12.4. The van der Waals surface area contributed by atoms with Crippen molar-refractivity contribution < 1.29 is 32.5 Å². The number of methoxy groups -OCH3 is 2. The first-order chi connectivity index (χ1) is 12.8. The standard InChI is InChI=1S/C18H15F3N2O4/c1-25-12-5-11(6-13(8-12)26-2)17-16(22-9-23-17)10-3-4-15(14(24)7-10)27-18(19,20)21/h3-9,24H,1-2H3,(H,22,23). The summed E-state index contributed by atoms with van der Waals surface area (Å²) in [5.74, 6) is -0.228. The summed E-state index contributed by atoms with van der Waals surface area (Å²) in [6.45, 7) is 0. The fraction of sp³-hybridized carbons (Fsp3) is 0.167. The van der Waals surface area contributed by atoms with Gasteiger partial charge in [-0.25, -0.2) is 4.98 Å². The lowest BCUT2D eigenvalue weighted by Gasteiger charge is -2.12. The average molecular weight is 380 g/mol. The molecular formula is C18H15F3N2O4. The van der Waals surface area contributed by atoms with Crippen molar-refractivity contribution in [3.8, 4) is 45.5 Å². The van der Waals surface area contributed by atoms with E-state index in [1.165, 1.54) is 26.6 Å². The number of imidazole rings is 1. The van der Waals surface area contributed by atoms with E-state index < -0.39 is 17.9 Å². The van der Waals surface area contributed by atoms with E-state index in [4.69, 9.17) is 9.47 Å². The summed E-state index contributed by atoms with van der Waals surface area (Å²) in [5, 5.41) is 9.88. The zero-order chi connectivity index (χ0) is 19.6. The number of phenols is 1. The summed E-state index contributed by atoms with van der Waals surface area (Å²) in [6, 6.07) is 8.76. The summed E-state index contributed by atoms with van der Waals surface area (Å²) >= 11 is 0. The molecule has 9 heteroatoms. The van der Waals surface area contributed by atoms with Gasteiger partial charge in [0.05, 0.1) is 31.9 Å². The molecule has 0 radical (unpaired) electrons. The van der Waals surface area contributed by atoms with Gasteiger partial charge in [-0.1, -0.05) is 0 Å². The summed E-state index contributed by atoms with van der Waals surface area (Å²) < 4.78 is 51.3. The normalized spacial score (nSPS) is 11.3. The number of hydrogen-bond acceptors (Lipinski definition) is 5. The van der Waals surface area contributed by atoms with Gasteiger partial charge in [0, 0.05) is 17.2 Å². The van der Waals surface area contributed by atoms with Crippen LogP contribution in [0.5, 0.6) is 23.0 Å². The molecule has 0 saturated carbocycles. The van der Waals surface area contributed by atoms with Crippen LogP contribution in [-0.2, 0) is 0 Å². The van der Waals surface area contributed by atoms with Crippen LogP contribution < -0.4 is 14.2 Å². The number of H-pyrrole nitrogens is 1. The first kappa shape index (κ1) is 18.4. The van der Waals surface area contributed by atoms with Gasteiger partial charge in [-0.3, -0.25) is 0 Å². The first-order valence-electron chi connectivity index (χ1n) is 7.66. The average Bonchev–Trinajstić information content (AvgIpc) is 3.11. The molecule has 3 aromatic rings. The van der Waals surface area contributed by atoms with E-state index in [1.807, 2.05) is 0 Å². The Morgan fingerprint density at radius 2 is 1.63 bits per heavy atom. The van der Waals surface area contributed by atoms with Crippen molar-refractivity contribution in [3.05, 3.63) is 42.7 Å². The largest absolute Gasteiger partial charge is 0.573 e. The third-order valence-electron chi connectivity index (χ3n) is 3.74. The number of alkyl halides is 3. The Hall–Kier alpha value is -3.36. The lowest BCUT2D eigenvalue weighted by atomic mass is 10.0. The number of ether oxygens (including phenoxy) is 3. The number of halogens is 3. The van der Waals surface area contributed by atoms with E-state index in [2.05, 4.69) is 14.7 Å². The van der Waals surface area contributed by atoms with Crippen LogP contribution in [0.2, 0.25) is 0 Å². The van der Waals surface area contributed by atoms with Crippen LogP contribution >= 0.6 is 0 Å². The van der Waals surface area contributed by atoms with Crippen molar-refractivity contribution in [2.24, 2.45) is 0 Å². The van der Waals surface area contributed by atoms with Crippen molar-refractivity contribution >= 4 is 0 Å². The predicted octanol–water partition coefficient (Wildman–Crippen LogP) is 4.37. The summed E-state index contributed by atoms with van der Waals surface area (Å²) in [7, 11) is 3.03. The van der Waals surface area contributed by atoms with Crippen molar-refractivity contribution in [1.29, 1.82) is 0 Å². The predicted molar refractivity (Wildman–Crippen MR) is 90.9 cm³/mol. The zero-order valence-corrected chi connectivity index (χ0v) is 14.3. The zero-order valence-electron chi connectivity index (χ0n) is 14.3. The molecule has 3 rings (SSSR count). The number of aromatic hydroxyl groups is 1. The lowest BCUT2D eigenvalue weighted by molar-refractivity contribution is -0.275. The van der Waals surface area contributed by atoms with Crippen LogP contribution in [0.25, 0.3) is 22.5 Å². The molecule has 0 spiro atoms. The lowest BCUT2D eigenvalue weighted by Crippen LogP contribution is -2.17. The molecular weight excluding hydrogens is 365 g/mol. The Balaban J connectivity index is 2.02. The van der Waals surface area contributed by atoms with Crippen LogP contribution in [0.4, 0.5) is 13.2 Å². The molecule has 142 valence electrons. The van der Waals surface area contributed by atoms with Crippen LogP contribution in [-0.4, -0.2) is 35.7 Å². The number of nitrogens with one attached hydrogen (secondary N) is 1. The minimum Gasteiger partial charge on any atom is -0.504 e. The number of aromatic amines is 1. The highest BCUT2D eigenvalue weighted by Gasteiger charge is 2.32. The van der Waals surface area contributed by atoms with E-state index in [9.17, 15) is 18.3 Å². The van der Waals surface area contributed by atoms with Crippen LogP contribution in [0.15, 0.2) is 42.7 Å². The highest BCUT2D eigenvalue weighted by atomic mass is 19.4. The minimum absolute atomic E-state index is 0.427. The van der Waals surface area contributed by atoms with Gasteiger partial charge >= 0.3 is 6.36 Å². The molecule has 6 nitrogen and oxygen atoms in total. The smallest absolute Gasteiger partial charge is 0.504 e. The Morgan fingerprint density at radius 3 is 2.19 bits per heavy atom. The molecule has 1 heterocycles. The number of rotatable bonds is 5. The number of nitrogens with zero attached hydrogens (tertiary/aromatic N) is 1. The Labute approximate surface area is 152 Å². The Bertz CT molecular complexity index is 932. The fourth-order valence-electron chi connectivity index (χ4n) is 2.56. The van der Waals surface area contributed by atoms with Gasteiger partial charge in [0.1, 0.15) is 11.5 Å². The van der Waals surface area contributed by atoms with E-state index in [0.717, 1.165) is 12.1 Å². The maximum Gasteiger partial charge on any atom is 0.573 e. The van der Waals surface area contributed by atoms with Crippen LogP contribution in [0, 0.1) is 0 Å². The molecule has 0 bridgehead atoms. The minimum atomic E-state index is -4.89. The summed E-state index contributed by atoms with van der Waals surface area (Å²) in [6.07, 6.45) is -3.46. The highest BCUT2D eigenvalue weighted by Crippen LogP contribution is 2.38. The molecule has 0 fully saturated rings. The van der Waals surface area contributed by atoms with Crippen molar-refractivity contribution in [3.63, 3.8) is 0 Å². The van der Waals surface area contributed by atoms with Crippen molar-refractivity contribution in [2.45, 2.75) is 6.36 Å². The molecule has 0 aliphatic rings. The van der Waals surface area contributed by atoms with E-state index in [1.54, 1.807) is 18.2 Å². The van der Waals surface area contributed by atoms with Gasteiger partial charge < -0.3 is 24.3 Å². The SMILES string of the molecule is COc1cc(OC)cc(-c2nc[nH]c2-c2ccc(OC(F)(F)F)c(O)c2)c1. The quantitative estimate of drug-likeness (QED) is 0.688. The Kier molecular flexibility index (Phi) is 4.85. The maximum absolute atomic E-state index is 12.4. The summed E-state index contributed by atoms with van der Waals surface area (Å²) in [5.41, 5.74) is 2.10. The van der Waals surface area contributed by atoms with Gasteiger partial charge in [-0.05, 0) is 30.3 Å². The van der Waals surface area contributed by atoms with Gasteiger partial charge in [0.2, 0.25) is 0 Å². The number of phenolic OH excluding ortho intramolecular Hbond substituents is 1. The molecule has 0 saturated heterocycles. The van der Waals surface area contributed by atoms with Crippen molar-refractivity contribution in [1.82, 2.24) is 9.97 Å². The van der Waals surface area contributed by atoms with Crippen LogP contribution in [0.3, 0.4) is 0 Å². The second-order valence-corrected chi connectivity index (χ2v) is 5.46. The van der Waals surface area contributed by atoms with Gasteiger partial charge in [-0.2, -0.15) is 0 Å². The van der Waals surface area contributed by atoms with Crippen molar-refractivity contribution in [2.75, 3.05) is 14.2 Å². The van der Waals surface area contributed by atoms with E-state index in [-0.39, 0.29) is 0 Å². The molecule has 0 unspecified atom stereocenters. The second kappa shape index (κ2) is 7.10. The third-order valence-corrected chi connectivity index (χ3v) is 3.74.